The zero-order chi connectivity index (χ0) is 20.6. The van der Waals surface area contributed by atoms with Crippen LogP contribution in [0.4, 0.5) is 0 Å². The number of guanidine groups is 1. The topological polar surface area (TPSA) is 45.0 Å². The second-order valence-corrected chi connectivity index (χ2v) is 7.69. The predicted octanol–water partition coefficient (Wildman–Crippen LogP) is 3.27. The molecular weight excluding hydrogens is 362 g/mol. The molecule has 6 heteroatoms. The molecule has 1 N–H and O–H groups in total. The largest absolute Gasteiger partial charge is 0.497 e. The van der Waals surface area contributed by atoms with E-state index >= 15 is 0 Å². The van der Waals surface area contributed by atoms with Gasteiger partial charge in [0.05, 0.1) is 26.2 Å². The van der Waals surface area contributed by atoms with Crippen molar-refractivity contribution in [2.75, 3.05) is 40.3 Å². The van der Waals surface area contributed by atoms with Gasteiger partial charge in [-0.2, -0.15) is 0 Å². The van der Waals surface area contributed by atoms with Crippen molar-refractivity contribution in [1.82, 2.24) is 19.7 Å². The molecule has 0 amide bonds. The average Bonchev–Trinajstić information content (AvgIpc) is 3.40. The number of nitrogens with one attached hydrogen (secondary N) is 1. The average molecular weight is 398 g/mol. The molecule has 1 saturated heterocycles. The van der Waals surface area contributed by atoms with Crippen molar-refractivity contribution in [3.63, 3.8) is 0 Å². The van der Waals surface area contributed by atoms with Crippen molar-refractivity contribution in [2.45, 2.75) is 32.4 Å². The third kappa shape index (κ3) is 5.54. The van der Waals surface area contributed by atoms with E-state index in [2.05, 4.69) is 83.3 Å². The van der Waals surface area contributed by atoms with Gasteiger partial charge in [0.15, 0.2) is 5.96 Å². The molecule has 0 radical (unpaired) electrons. The van der Waals surface area contributed by atoms with Crippen LogP contribution in [0.25, 0.3) is 0 Å². The van der Waals surface area contributed by atoms with Gasteiger partial charge in [0.2, 0.25) is 0 Å². The molecule has 0 aliphatic carbocycles. The minimum absolute atomic E-state index is 0.292. The van der Waals surface area contributed by atoms with Crippen LogP contribution in [0.3, 0.4) is 0 Å². The van der Waals surface area contributed by atoms with Crippen LogP contribution in [0.1, 0.15) is 37.1 Å². The van der Waals surface area contributed by atoms with Gasteiger partial charge in [-0.1, -0.05) is 12.1 Å². The van der Waals surface area contributed by atoms with Crippen molar-refractivity contribution in [3.8, 4) is 5.75 Å². The molecule has 1 aliphatic heterocycles. The summed E-state index contributed by atoms with van der Waals surface area (Å²) in [5.74, 6) is 1.85. The number of aryl methyl sites for hydroxylation is 1. The summed E-state index contributed by atoms with van der Waals surface area (Å²) >= 11 is 0. The number of hydrogen-bond donors (Lipinski definition) is 1. The van der Waals surface area contributed by atoms with Crippen LogP contribution in [-0.2, 0) is 13.6 Å². The standard InChI is InChI=1S/C23H35N5O/c1-5-24-23(27(3)18-20-9-8-14-26(20)2)25-17-22(28-15-6-7-16-28)19-10-12-21(29-4)13-11-19/h8-14,22H,5-7,15-18H2,1-4H3,(H,24,25). The van der Waals surface area contributed by atoms with Crippen molar-refractivity contribution in [1.29, 1.82) is 0 Å². The summed E-state index contributed by atoms with van der Waals surface area (Å²) in [4.78, 5) is 9.80. The van der Waals surface area contributed by atoms with E-state index < -0.39 is 0 Å². The van der Waals surface area contributed by atoms with E-state index in [-0.39, 0.29) is 0 Å². The summed E-state index contributed by atoms with van der Waals surface area (Å²) in [6, 6.07) is 13.0. The highest BCUT2D eigenvalue weighted by Crippen LogP contribution is 2.27. The molecular formula is C23H35N5O. The van der Waals surface area contributed by atoms with Crippen molar-refractivity contribution < 1.29 is 4.74 Å². The highest BCUT2D eigenvalue weighted by Gasteiger charge is 2.23. The number of ether oxygens (including phenoxy) is 1. The van der Waals surface area contributed by atoms with Crippen LogP contribution in [0.15, 0.2) is 47.6 Å². The van der Waals surface area contributed by atoms with Crippen molar-refractivity contribution in [2.24, 2.45) is 12.0 Å². The number of methoxy groups -OCH3 is 1. The lowest BCUT2D eigenvalue weighted by Crippen LogP contribution is -2.39. The van der Waals surface area contributed by atoms with Gasteiger partial charge < -0.3 is 19.5 Å². The smallest absolute Gasteiger partial charge is 0.194 e. The summed E-state index contributed by atoms with van der Waals surface area (Å²) in [6.07, 6.45) is 4.62. The Morgan fingerprint density at radius 1 is 1.21 bits per heavy atom. The molecule has 2 aromatic rings. The van der Waals surface area contributed by atoms with Gasteiger partial charge in [-0.05, 0) is 62.7 Å². The van der Waals surface area contributed by atoms with Gasteiger partial charge in [-0.25, -0.2) is 0 Å². The molecule has 158 valence electrons. The van der Waals surface area contributed by atoms with Gasteiger partial charge >= 0.3 is 0 Å². The van der Waals surface area contributed by atoms with Crippen LogP contribution < -0.4 is 10.1 Å². The molecule has 2 heterocycles. The Morgan fingerprint density at radius 3 is 2.52 bits per heavy atom. The summed E-state index contributed by atoms with van der Waals surface area (Å²) in [5.41, 5.74) is 2.57. The fraction of sp³-hybridized carbons (Fsp3) is 0.522. The quantitative estimate of drug-likeness (QED) is 0.549. The number of aromatic nitrogens is 1. The summed E-state index contributed by atoms with van der Waals surface area (Å²) < 4.78 is 7.49. The molecule has 3 rings (SSSR count). The third-order valence-electron chi connectivity index (χ3n) is 5.64. The molecule has 6 nitrogen and oxygen atoms in total. The molecule has 0 spiro atoms. The number of rotatable bonds is 8. The fourth-order valence-electron chi connectivity index (χ4n) is 3.93. The predicted molar refractivity (Wildman–Crippen MR) is 119 cm³/mol. The van der Waals surface area contributed by atoms with Gasteiger partial charge in [-0.15, -0.1) is 0 Å². The first-order valence-corrected chi connectivity index (χ1v) is 10.6. The molecule has 1 unspecified atom stereocenters. The number of aliphatic imine (C=N–C) groups is 1. The zero-order valence-corrected chi connectivity index (χ0v) is 18.3. The minimum atomic E-state index is 0.292. The maximum Gasteiger partial charge on any atom is 0.194 e. The van der Waals surface area contributed by atoms with Gasteiger partial charge in [0, 0.05) is 32.5 Å². The number of benzene rings is 1. The molecule has 1 aromatic heterocycles. The first kappa shape index (κ1) is 21.2. The first-order chi connectivity index (χ1) is 14.1. The zero-order valence-electron chi connectivity index (χ0n) is 18.3. The highest BCUT2D eigenvalue weighted by atomic mass is 16.5. The van der Waals surface area contributed by atoms with Crippen LogP contribution in [0.5, 0.6) is 5.75 Å². The molecule has 1 aromatic carbocycles. The van der Waals surface area contributed by atoms with Crippen molar-refractivity contribution >= 4 is 5.96 Å². The normalized spacial score (nSPS) is 16.1. The summed E-state index contributed by atoms with van der Waals surface area (Å²) in [7, 11) is 5.90. The SMILES string of the molecule is CCNC(=NCC(c1ccc(OC)cc1)N1CCCC1)N(C)Cc1cccn1C. The van der Waals surface area contributed by atoms with E-state index in [0.29, 0.717) is 6.04 Å². The van der Waals surface area contributed by atoms with E-state index in [1.165, 1.54) is 24.1 Å². The first-order valence-electron chi connectivity index (χ1n) is 10.6. The number of hydrogen-bond acceptors (Lipinski definition) is 3. The minimum Gasteiger partial charge on any atom is -0.497 e. The third-order valence-corrected chi connectivity index (χ3v) is 5.64. The van der Waals surface area contributed by atoms with Crippen LogP contribution in [-0.4, -0.2) is 60.7 Å². The molecule has 0 saturated carbocycles. The van der Waals surface area contributed by atoms with E-state index in [0.717, 1.165) is 44.4 Å². The molecule has 1 aliphatic rings. The Kier molecular flexibility index (Phi) is 7.58. The van der Waals surface area contributed by atoms with Crippen LogP contribution >= 0.6 is 0 Å². The highest BCUT2D eigenvalue weighted by molar-refractivity contribution is 5.79. The molecule has 0 bridgehead atoms. The Hall–Kier alpha value is -2.47. The van der Waals surface area contributed by atoms with Crippen molar-refractivity contribution in [3.05, 3.63) is 53.9 Å². The molecule has 29 heavy (non-hydrogen) atoms. The summed E-state index contributed by atoms with van der Waals surface area (Å²) in [6.45, 7) is 6.82. The van der Waals surface area contributed by atoms with E-state index in [4.69, 9.17) is 9.73 Å². The van der Waals surface area contributed by atoms with Crippen LogP contribution in [0, 0.1) is 0 Å². The van der Waals surface area contributed by atoms with Gasteiger partial charge in [0.1, 0.15) is 5.75 Å². The lowest BCUT2D eigenvalue weighted by molar-refractivity contribution is 0.251. The second kappa shape index (κ2) is 10.3. The van der Waals surface area contributed by atoms with Gasteiger partial charge in [-0.3, -0.25) is 9.89 Å². The lowest BCUT2D eigenvalue weighted by atomic mass is 10.1. The maximum absolute atomic E-state index is 5.34. The Morgan fingerprint density at radius 2 is 1.93 bits per heavy atom. The Bertz CT molecular complexity index is 777. The molecule has 1 fully saturated rings. The van der Waals surface area contributed by atoms with E-state index in [1.807, 2.05) is 0 Å². The summed E-state index contributed by atoms with van der Waals surface area (Å²) in [5, 5.41) is 3.46. The van der Waals surface area contributed by atoms with E-state index in [9.17, 15) is 0 Å². The number of likely N-dealkylation sites (tertiary alicyclic amines) is 1. The van der Waals surface area contributed by atoms with Crippen LogP contribution in [0.2, 0.25) is 0 Å². The second-order valence-electron chi connectivity index (χ2n) is 7.69. The van der Waals surface area contributed by atoms with E-state index in [1.54, 1.807) is 7.11 Å². The van der Waals surface area contributed by atoms with Gasteiger partial charge in [0.25, 0.3) is 0 Å². The number of nitrogens with zero attached hydrogens (tertiary/aromatic N) is 4. The Labute approximate surface area is 175 Å². The molecule has 1 atom stereocenters. The lowest BCUT2D eigenvalue weighted by Gasteiger charge is -2.28. The fourth-order valence-corrected chi connectivity index (χ4v) is 3.93. The maximum atomic E-state index is 5.34. The monoisotopic (exact) mass is 397 g/mol. The Balaban J connectivity index is 1.77.